The molecule has 7 heteroatoms. The van der Waals surface area contributed by atoms with Crippen LogP contribution in [0.2, 0.25) is 0 Å². The number of carbonyl (C=O) groups excluding carboxylic acids is 2. The number of carboxylic acid groups (broad SMARTS) is 1. The monoisotopic (exact) mass is 285 g/mol. The van der Waals surface area contributed by atoms with Crippen molar-refractivity contribution in [3.8, 4) is 0 Å². The summed E-state index contributed by atoms with van der Waals surface area (Å²) in [6, 6.07) is -1.00. The summed E-state index contributed by atoms with van der Waals surface area (Å²) in [6.45, 7) is 6.44. The lowest BCUT2D eigenvalue weighted by Crippen LogP contribution is -2.49. The highest BCUT2D eigenvalue weighted by Crippen LogP contribution is 2.23. The molecule has 1 aliphatic heterocycles. The summed E-state index contributed by atoms with van der Waals surface area (Å²) in [5.74, 6) is -1.67. The zero-order valence-electron chi connectivity index (χ0n) is 12.4. The van der Waals surface area contributed by atoms with Crippen LogP contribution in [0.4, 0.5) is 4.79 Å². The van der Waals surface area contributed by atoms with Crippen molar-refractivity contribution in [3.63, 3.8) is 0 Å². The molecule has 0 aromatic heterocycles. The predicted octanol–water partition coefficient (Wildman–Crippen LogP) is 0.215. The number of nitrogens with one attached hydrogen (secondary N) is 1. The fourth-order valence-electron chi connectivity index (χ4n) is 2.28. The maximum absolute atomic E-state index is 12.0. The molecule has 0 aromatic carbocycles. The molecule has 1 rings (SSSR count). The molecule has 1 saturated heterocycles. The van der Waals surface area contributed by atoms with E-state index in [1.165, 1.54) is 9.80 Å². The van der Waals surface area contributed by atoms with Gasteiger partial charge in [0, 0.05) is 26.7 Å². The first-order valence-corrected chi connectivity index (χ1v) is 6.81. The summed E-state index contributed by atoms with van der Waals surface area (Å²) in [6.07, 6.45) is 0. The van der Waals surface area contributed by atoms with E-state index in [-0.39, 0.29) is 24.4 Å². The SMILES string of the molecule is CCN(C)C(=O)C(C)NC(=O)N1CC(C)C(C(=O)O)C1. The van der Waals surface area contributed by atoms with Crippen molar-refractivity contribution in [1.82, 2.24) is 15.1 Å². The molecular weight excluding hydrogens is 262 g/mol. The van der Waals surface area contributed by atoms with Crippen LogP contribution in [0.1, 0.15) is 20.8 Å². The van der Waals surface area contributed by atoms with Crippen LogP contribution in [0.15, 0.2) is 0 Å². The van der Waals surface area contributed by atoms with E-state index in [4.69, 9.17) is 5.11 Å². The van der Waals surface area contributed by atoms with Crippen LogP contribution in [0, 0.1) is 11.8 Å². The lowest BCUT2D eigenvalue weighted by atomic mass is 9.99. The van der Waals surface area contributed by atoms with Gasteiger partial charge >= 0.3 is 12.0 Å². The summed E-state index contributed by atoms with van der Waals surface area (Å²) in [5, 5.41) is 11.7. The highest BCUT2D eigenvalue weighted by Gasteiger charge is 2.37. The van der Waals surface area contributed by atoms with Crippen molar-refractivity contribution in [2.45, 2.75) is 26.8 Å². The van der Waals surface area contributed by atoms with E-state index in [1.807, 2.05) is 13.8 Å². The maximum atomic E-state index is 12.0. The largest absolute Gasteiger partial charge is 0.481 e. The van der Waals surface area contributed by atoms with Crippen molar-refractivity contribution in [1.29, 1.82) is 0 Å². The summed E-state index contributed by atoms with van der Waals surface area (Å²) in [4.78, 5) is 37.9. The van der Waals surface area contributed by atoms with Crippen molar-refractivity contribution in [3.05, 3.63) is 0 Å². The predicted molar refractivity (Wildman–Crippen MR) is 73.2 cm³/mol. The first kappa shape index (κ1) is 16.3. The number of amides is 3. The molecule has 0 radical (unpaired) electrons. The highest BCUT2D eigenvalue weighted by molar-refractivity contribution is 5.87. The Morgan fingerprint density at radius 1 is 1.40 bits per heavy atom. The second-order valence-corrected chi connectivity index (χ2v) is 5.35. The lowest BCUT2D eigenvalue weighted by molar-refractivity contribution is -0.142. The number of rotatable bonds is 4. The summed E-state index contributed by atoms with van der Waals surface area (Å²) in [7, 11) is 1.67. The molecule has 20 heavy (non-hydrogen) atoms. The van der Waals surface area contributed by atoms with Crippen LogP contribution >= 0.6 is 0 Å². The molecule has 2 N–H and O–H groups in total. The Morgan fingerprint density at radius 2 is 2.00 bits per heavy atom. The summed E-state index contributed by atoms with van der Waals surface area (Å²) >= 11 is 0. The van der Waals surface area contributed by atoms with E-state index in [1.54, 1.807) is 14.0 Å². The fraction of sp³-hybridized carbons (Fsp3) is 0.769. The van der Waals surface area contributed by atoms with Gasteiger partial charge < -0.3 is 20.2 Å². The molecule has 7 nitrogen and oxygen atoms in total. The van der Waals surface area contributed by atoms with Gasteiger partial charge in [0.1, 0.15) is 6.04 Å². The van der Waals surface area contributed by atoms with Gasteiger partial charge in [-0.3, -0.25) is 9.59 Å². The van der Waals surface area contributed by atoms with Gasteiger partial charge in [0.05, 0.1) is 5.92 Å². The zero-order valence-corrected chi connectivity index (χ0v) is 12.4. The van der Waals surface area contributed by atoms with Gasteiger partial charge in [0.25, 0.3) is 0 Å². The fourth-order valence-corrected chi connectivity index (χ4v) is 2.28. The second-order valence-electron chi connectivity index (χ2n) is 5.35. The lowest BCUT2D eigenvalue weighted by Gasteiger charge is -2.23. The molecule has 0 saturated carbocycles. The molecular formula is C13H23N3O4. The minimum atomic E-state index is -0.886. The summed E-state index contributed by atoms with van der Waals surface area (Å²) < 4.78 is 0. The molecule has 0 spiro atoms. The molecule has 114 valence electrons. The number of carboxylic acids is 1. The Labute approximate surface area is 118 Å². The number of aliphatic carboxylic acids is 1. The van der Waals surface area contributed by atoms with E-state index < -0.39 is 17.9 Å². The molecule has 1 fully saturated rings. The van der Waals surface area contributed by atoms with Gasteiger partial charge in [0.2, 0.25) is 5.91 Å². The molecule has 1 aliphatic rings. The van der Waals surface area contributed by atoms with E-state index >= 15 is 0 Å². The van der Waals surface area contributed by atoms with Crippen LogP contribution in [-0.2, 0) is 9.59 Å². The molecule has 0 aliphatic carbocycles. The quantitative estimate of drug-likeness (QED) is 0.773. The first-order chi connectivity index (χ1) is 9.27. The third kappa shape index (κ3) is 3.61. The molecule has 3 unspecified atom stereocenters. The second kappa shape index (κ2) is 6.58. The van der Waals surface area contributed by atoms with E-state index in [0.717, 1.165) is 0 Å². The summed E-state index contributed by atoms with van der Waals surface area (Å²) in [5.41, 5.74) is 0. The molecule has 3 amide bonds. The number of nitrogens with zero attached hydrogens (tertiary/aromatic N) is 2. The van der Waals surface area contributed by atoms with Gasteiger partial charge in [-0.05, 0) is 19.8 Å². The third-order valence-electron chi connectivity index (χ3n) is 3.78. The normalized spacial score (nSPS) is 23.3. The van der Waals surface area contributed by atoms with Crippen molar-refractivity contribution >= 4 is 17.9 Å². The highest BCUT2D eigenvalue weighted by atomic mass is 16.4. The van der Waals surface area contributed by atoms with Crippen LogP contribution in [-0.4, -0.2) is 65.5 Å². The van der Waals surface area contributed by atoms with Gasteiger partial charge in [-0.15, -0.1) is 0 Å². The van der Waals surface area contributed by atoms with Crippen molar-refractivity contribution in [2.24, 2.45) is 11.8 Å². The third-order valence-corrected chi connectivity index (χ3v) is 3.78. The smallest absolute Gasteiger partial charge is 0.318 e. The Hall–Kier alpha value is -1.79. The van der Waals surface area contributed by atoms with Crippen molar-refractivity contribution < 1.29 is 19.5 Å². The van der Waals surface area contributed by atoms with Crippen molar-refractivity contribution in [2.75, 3.05) is 26.7 Å². The van der Waals surface area contributed by atoms with E-state index in [2.05, 4.69) is 5.32 Å². The molecule has 0 bridgehead atoms. The average Bonchev–Trinajstić information content (AvgIpc) is 2.79. The minimum absolute atomic E-state index is 0.0810. The maximum Gasteiger partial charge on any atom is 0.318 e. The topological polar surface area (TPSA) is 90.0 Å². The number of carbonyl (C=O) groups is 3. The Balaban J connectivity index is 2.56. The Bertz CT molecular complexity index is 399. The average molecular weight is 285 g/mol. The Morgan fingerprint density at radius 3 is 2.45 bits per heavy atom. The number of hydrogen-bond acceptors (Lipinski definition) is 3. The Kier molecular flexibility index (Phi) is 5.35. The number of likely N-dealkylation sites (N-methyl/N-ethyl adjacent to an activating group) is 1. The molecule has 1 heterocycles. The van der Waals surface area contributed by atoms with E-state index in [9.17, 15) is 14.4 Å². The van der Waals surface area contributed by atoms with Crippen LogP contribution < -0.4 is 5.32 Å². The van der Waals surface area contributed by atoms with Gasteiger partial charge in [-0.1, -0.05) is 6.92 Å². The van der Waals surface area contributed by atoms with Crippen LogP contribution in [0.3, 0.4) is 0 Å². The van der Waals surface area contributed by atoms with Gasteiger partial charge in [-0.2, -0.15) is 0 Å². The van der Waals surface area contributed by atoms with Crippen LogP contribution in [0.5, 0.6) is 0 Å². The zero-order chi connectivity index (χ0) is 15.4. The van der Waals surface area contributed by atoms with Crippen LogP contribution in [0.25, 0.3) is 0 Å². The van der Waals surface area contributed by atoms with Gasteiger partial charge in [-0.25, -0.2) is 4.79 Å². The number of hydrogen-bond donors (Lipinski definition) is 2. The molecule has 3 atom stereocenters. The number of urea groups is 1. The molecule has 0 aromatic rings. The minimum Gasteiger partial charge on any atom is -0.481 e. The standard InChI is InChI=1S/C13H23N3O4/c1-5-15(4)11(17)9(3)14-13(20)16-6-8(2)10(7-16)12(18)19/h8-10H,5-7H2,1-4H3,(H,14,20)(H,18,19). The number of likely N-dealkylation sites (tertiary alicyclic amines) is 1. The van der Waals surface area contributed by atoms with Gasteiger partial charge in [0.15, 0.2) is 0 Å². The van der Waals surface area contributed by atoms with E-state index in [0.29, 0.717) is 13.1 Å². The first-order valence-electron chi connectivity index (χ1n) is 6.81.